The van der Waals surface area contributed by atoms with Gasteiger partial charge in [0.2, 0.25) is 0 Å². The van der Waals surface area contributed by atoms with Crippen molar-refractivity contribution in [3.05, 3.63) is 65.2 Å². The van der Waals surface area contributed by atoms with Crippen molar-refractivity contribution in [2.24, 2.45) is 4.99 Å². The predicted octanol–water partition coefficient (Wildman–Crippen LogP) is 4.07. The molecule has 0 saturated carbocycles. The maximum atomic E-state index is 12.1. The predicted molar refractivity (Wildman–Crippen MR) is 112 cm³/mol. The van der Waals surface area contributed by atoms with Gasteiger partial charge in [-0.2, -0.15) is 13.2 Å². The van der Waals surface area contributed by atoms with Crippen LogP contribution in [-0.2, 0) is 24.3 Å². The van der Waals surface area contributed by atoms with Gasteiger partial charge in [0.1, 0.15) is 12.4 Å². The molecule has 0 spiro atoms. The molecule has 0 aromatic heterocycles. The Kier molecular flexibility index (Phi) is 9.47. The number of ether oxygens (including phenoxy) is 2. The molecule has 0 atom stereocenters. The summed E-state index contributed by atoms with van der Waals surface area (Å²) in [5.41, 5.74) is 2.82. The molecule has 0 radical (unpaired) electrons. The van der Waals surface area contributed by atoms with E-state index < -0.39 is 12.8 Å². The number of halogens is 3. The van der Waals surface area contributed by atoms with Gasteiger partial charge in [-0.3, -0.25) is 0 Å². The van der Waals surface area contributed by atoms with Crippen LogP contribution in [0, 0.1) is 0 Å². The first-order valence-electron chi connectivity index (χ1n) is 9.77. The smallest absolute Gasteiger partial charge is 0.411 e. The van der Waals surface area contributed by atoms with Crippen molar-refractivity contribution < 1.29 is 22.6 Å². The van der Waals surface area contributed by atoms with Crippen LogP contribution in [0.15, 0.2) is 53.5 Å². The molecular weight excluding hydrogens is 395 g/mol. The average Bonchev–Trinajstić information content (AvgIpc) is 2.72. The van der Waals surface area contributed by atoms with Crippen molar-refractivity contribution in [3.8, 4) is 5.75 Å². The van der Waals surface area contributed by atoms with Gasteiger partial charge in [0, 0.05) is 13.1 Å². The van der Waals surface area contributed by atoms with Gasteiger partial charge in [0.25, 0.3) is 0 Å². The van der Waals surface area contributed by atoms with Gasteiger partial charge >= 0.3 is 6.18 Å². The monoisotopic (exact) mass is 423 g/mol. The summed E-state index contributed by atoms with van der Waals surface area (Å²) in [5, 5.41) is 6.50. The molecule has 2 N–H and O–H groups in total. The number of nitrogens with one attached hydrogen (secondary N) is 2. The molecule has 0 aliphatic rings. The quantitative estimate of drug-likeness (QED) is 0.447. The number of nitrogens with zero attached hydrogens (tertiary/aromatic N) is 1. The molecule has 0 amide bonds. The van der Waals surface area contributed by atoms with Crippen molar-refractivity contribution in [3.63, 3.8) is 0 Å². The Labute approximate surface area is 175 Å². The summed E-state index contributed by atoms with van der Waals surface area (Å²) >= 11 is 0. The fourth-order valence-electron chi connectivity index (χ4n) is 2.69. The number of methoxy groups -OCH3 is 1. The fourth-order valence-corrected chi connectivity index (χ4v) is 2.69. The molecule has 5 nitrogen and oxygen atoms in total. The number of alkyl halides is 3. The number of benzene rings is 2. The van der Waals surface area contributed by atoms with Crippen LogP contribution in [0.5, 0.6) is 5.75 Å². The zero-order chi connectivity index (χ0) is 21.8. The van der Waals surface area contributed by atoms with Crippen LogP contribution in [0.25, 0.3) is 0 Å². The minimum Gasteiger partial charge on any atom is -0.497 e. The molecule has 30 heavy (non-hydrogen) atoms. The lowest BCUT2D eigenvalue weighted by atomic mass is 10.1. The zero-order valence-electron chi connectivity index (χ0n) is 17.3. The van der Waals surface area contributed by atoms with E-state index in [0.717, 1.165) is 24.3 Å². The highest BCUT2D eigenvalue weighted by Crippen LogP contribution is 2.16. The van der Waals surface area contributed by atoms with E-state index in [1.807, 2.05) is 43.3 Å². The average molecular weight is 423 g/mol. The van der Waals surface area contributed by atoms with Crippen LogP contribution in [0.4, 0.5) is 13.2 Å². The third-order valence-electron chi connectivity index (χ3n) is 4.16. The topological polar surface area (TPSA) is 54.9 Å². The summed E-state index contributed by atoms with van der Waals surface area (Å²) in [6.45, 7) is 2.59. The van der Waals surface area contributed by atoms with Gasteiger partial charge in [0.15, 0.2) is 5.96 Å². The van der Waals surface area contributed by atoms with Crippen molar-refractivity contribution >= 4 is 5.96 Å². The van der Waals surface area contributed by atoms with Gasteiger partial charge in [-0.05, 0) is 42.2 Å². The van der Waals surface area contributed by atoms with Crippen molar-refractivity contribution in [1.82, 2.24) is 10.6 Å². The Morgan fingerprint density at radius 1 is 1.00 bits per heavy atom. The lowest BCUT2D eigenvalue weighted by Crippen LogP contribution is -2.38. The zero-order valence-corrected chi connectivity index (χ0v) is 17.3. The second-order valence-electron chi connectivity index (χ2n) is 6.65. The SMILES string of the molecule is CCNC(=NCc1ccc(COCC(F)(F)F)cc1)NCCc1cccc(OC)c1. The number of hydrogen-bond acceptors (Lipinski definition) is 3. The Hall–Kier alpha value is -2.74. The van der Waals surface area contributed by atoms with E-state index in [0.29, 0.717) is 24.6 Å². The van der Waals surface area contributed by atoms with E-state index in [2.05, 4.69) is 20.4 Å². The Morgan fingerprint density at radius 2 is 1.73 bits per heavy atom. The van der Waals surface area contributed by atoms with Gasteiger partial charge in [0.05, 0.1) is 20.3 Å². The molecule has 8 heteroatoms. The maximum Gasteiger partial charge on any atom is 0.411 e. The number of aliphatic imine (C=N–C) groups is 1. The molecule has 0 fully saturated rings. The highest BCUT2D eigenvalue weighted by Gasteiger charge is 2.27. The minimum absolute atomic E-state index is 0.0719. The first kappa shape index (κ1) is 23.5. The molecule has 164 valence electrons. The molecule has 0 bridgehead atoms. The summed E-state index contributed by atoms with van der Waals surface area (Å²) in [6.07, 6.45) is -3.48. The van der Waals surface area contributed by atoms with E-state index >= 15 is 0 Å². The van der Waals surface area contributed by atoms with Gasteiger partial charge in [-0.15, -0.1) is 0 Å². The molecule has 2 aromatic rings. The highest BCUT2D eigenvalue weighted by atomic mass is 19.4. The van der Waals surface area contributed by atoms with Crippen LogP contribution in [0.3, 0.4) is 0 Å². The van der Waals surface area contributed by atoms with Gasteiger partial charge in [-0.1, -0.05) is 36.4 Å². The first-order valence-corrected chi connectivity index (χ1v) is 9.77. The molecule has 0 heterocycles. The lowest BCUT2D eigenvalue weighted by Gasteiger charge is -2.12. The van der Waals surface area contributed by atoms with Crippen LogP contribution in [0.2, 0.25) is 0 Å². The van der Waals surface area contributed by atoms with Crippen LogP contribution in [0.1, 0.15) is 23.6 Å². The lowest BCUT2D eigenvalue weighted by molar-refractivity contribution is -0.176. The number of hydrogen-bond donors (Lipinski definition) is 2. The van der Waals surface area contributed by atoms with Crippen molar-refractivity contribution in [1.29, 1.82) is 0 Å². The highest BCUT2D eigenvalue weighted by molar-refractivity contribution is 5.79. The first-order chi connectivity index (χ1) is 14.4. The summed E-state index contributed by atoms with van der Waals surface area (Å²) in [6, 6.07) is 15.1. The molecule has 0 aliphatic heterocycles. The molecule has 2 aromatic carbocycles. The molecule has 0 unspecified atom stereocenters. The number of rotatable bonds is 10. The Morgan fingerprint density at radius 3 is 2.40 bits per heavy atom. The maximum absolute atomic E-state index is 12.1. The van der Waals surface area contributed by atoms with E-state index in [4.69, 9.17) is 4.74 Å². The van der Waals surface area contributed by atoms with E-state index in [-0.39, 0.29) is 6.61 Å². The third-order valence-corrected chi connectivity index (χ3v) is 4.16. The Bertz CT molecular complexity index is 793. The summed E-state index contributed by atoms with van der Waals surface area (Å²) in [4.78, 5) is 4.56. The van der Waals surface area contributed by atoms with E-state index in [1.54, 1.807) is 19.2 Å². The van der Waals surface area contributed by atoms with Gasteiger partial charge < -0.3 is 20.1 Å². The standard InChI is InChI=1S/C22H28F3N3O2/c1-3-26-21(27-12-11-17-5-4-6-20(13-17)29-2)28-14-18-7-9-19(10-8-18)15-30-16-22(23,24)25/h4-10,13H,3,11-12,14-16H2,1-2H3,(H2,26,27,28). The third kappa shape index (κ3) is 9.17. The van der Waals surface area contributed by atoms with E-state index in [1.165, 1.54) is 5.56 Å². The largest absolute Gasteiger partial charge is 0.497 e. The van der Waals surface area contributed by atoms with Crippen LogP contribution in [-0.4, -0.2) is 38.9 Å². The van der Waals surface area contributed by atoms with Gasteiger partial charge in [-0.25, -0.2) is 4.99 Å². The normalized spacial score (nSPS) is 12.0. The minimum atomic E-state index is -4.31. The van der Waals surface area contributed by atoms with E-state index in [9.17, 15) is 13.2 Å². The molecule has 2 rings (SSSR count). The number of guanidine groups is 1. The molecule has 0 saturated heterocycles. The Balaban J connectivity index is 1.83. The second-order valence-corrected chi connectivity index (χ2v) is 6.65. The summed E-state index contributed by atoms with van der Waals surface area (Å²) < 4.78 is 46.3. The van der Waals surface area contributed by atoms with Crippen LogP contribution < -0.4 is 15.4 Å². The summed E-state index contributed by atoms with van der Waals surface area (Å²) in [7, 11) is 1.65. The molecule has 0 aliphatic carbocycles. The van der Waals surface area contributed by atoms with Crippen LogP contribution >= 0.6 is 0 Å². The molecular formula is C22H28F3N3O2. The second kappa shape index (κ2) is 12.1. The summed E-state index contributed by atoms with van der Waals surface area (Å²) in [5.74, 6) is 1.54. The fraction of sp³-hybridized carbons (Fsp3) is 0.409. The van der Waals surface area contributed by atoms with Crippen molar-refractivity contribution in [2.45, 2.75) is 32.7 Å². The van der Waals surface area contributed by atoms with Crippen molar-refractivity contribution in [2.75, 3.05) is 26.8 Å².